The van der Waals surface area contributed by atoms with Gasteiger partial charge in [-0.05, 0) is 91.9 Å². The lowest BCUT2D eigenvalue weighted by Gasteiger charge is -2.31. The highest BCUT2D eigenvalue weighted by Crippen LogP contribution is 2.37. The molecule has 1 fully saturated rings. The summed E-state index contributed by atoms with van der Waals surface area (Å²) in [6, 6.07) is 14.5. The van der Waals surface area contributed by atoms with Crippen LogP contribution in [0.25, 0.3) is 6.08 Å². The van der Waals surface area contributed by atoms with Gasteiger partial charge < -0.3 is 19.3 Å². The van der Waals surface area contributed by atoms with Crippen LogP contribution in [0, 0.1) is 5.82 Å². The molecule has 2 heterocycles. The average Bonchev–Trinajstić information content (AvgIpc) is 3.49. The number of carbonyl (C=O) groups excluding carboxylic acids is 1. The number of aliphatic imine (C=N–C) groups is 1. The van der Waals surface area contributed by atoms with Crippen LogP contribution in [-0.4, -0.2) is 56.2 Å². The van der Waals surface area contributed by atoms with Crippen molar-refractivity contribution in [1.29, 1.82) is 0 Å². The van der Waals surface area contributed by atoms with Gasteiger partial charge in [0.15, 0.2) is 5.70 Å². The second-order valence-corrected chi connectivity index (χ2v) is 9.25. The van der Waals surface area contributed by atoms with Gasteiger partial charge in [0.05, 0.1) is 13.2 Å². The summed E-state index contributed by atoms with van der Waals surface area (Å²) < 4.78 is 24.3. The van der Waals surface area contributed by atoms with Gasteiger partial charge in [0, 0.05) is 43.1 Å². The van der Waals surface area contributed by atoms with Gasteiger partial charge in [-0.25, -0.2) is 14.2 Å². The van der Waals surface area contributed by atoms with E-state index in [0.29, 0.717) is 18.8 Å². The molecule has 6 nitrogen and oxygen atoms in total. The quantitative estimate of drug-likeness (QED) is 0.380. The molecule has 0 atom stereocenters. The van der Waals surface area contributed by atoms with Gasteiger partial charge in [-0.15, -0.1) is 0 Å². The number of benzene rings is 2. The minimum Gasteiger partial charge on any atom is -0.402 e. The zero-order chi connectivity index (χ0) is 25.8. The normalized spacial score (nSPS) is 20.1. The molecule has 2 aliphatic heterocycles. The smallest absolute Gasteiger partial charge is 0.363 e. The van der Waals surface area contributed by atoms with Crippen LogP contribution < -0.4 is 4.90 Å². The Kier molecular flexibility index (Phi) is 7.51. The number of allylic oxidation sites excluding steroid dienone is 3. The first-order valence-corrected chi connectivity index (χ1v) is 13.0. The first-order chi connectivity index (χ1) is 18.1. The first-order valence-electron chi connectivity index (χ1n) is 13.0. The zero-order valence-electron chi connectivity index (χ0n) is 21.4. The van der Waals surface area contributed by atoms with E-state index in [2.05, 4.69) is 59.0 Å². The Morgan fingerprint density at radius 3 is 2.35 bits per heavy atom. The van der Waals surface area contributed by atoms with Gasteiger partial charge >= 0.3 is 5.97 Å². The lowest BCUT2D eigenvalue weighted by Crippen LogP contribution is -2.36. The number of halogens is 1. The number of nitrogens with zero attached hydrogens (tertiary/aromatic N) is 3. The minimum absolute atomic E-state index is 0.201. The highest BCUT2D eigenvalue weighted by Gasteiger charge is 2.29. The average molecular weight is 502 g/mol. The summed E-state index contributed by atoms with van der Waals surface area (Å²) in [4.78, 5) is 21.8. The van der Waals surface area contributed by atoms with Crippen LogP contribution in [0.2, 0.25) is 0 Å². The maximum atomic E-state index is 13.3. The van der Waals surface area contributed by atoms with Crippen LogP contribution in [-0.2, 0) is 14.3 Å². The van der Waals surface area contributed by atoms with Gasteiger partial charge in [0.1, 0.15) is 5.82 Å². The summed E-state index contributed by atoms with van der Waals surface area (Å²) in [7, 11) is 0. The van der Waals surface area contributed by atoms with Gasteiger partial charge in [-0.1, -0.05) is 12.1 Å². The molecule has 0 unspecified atom stereocenters. The predicted octanol–water partition coefficient (Wildman–Crippen LogP) is 5.32. The summed E-state index contributed by atoms with van der Waals surface area (Å²) in [5.41, 5.74) is 6.69. The molecule has 192 valence electrons. The van der Waals surface area contributed by atoms with Crippen molar-refractivity contribution in [2.24, 2.45) is 4.99 Å². The molecule has 0 amide bonds. The molecule has 1 saturated heterocycles. The summed E-state index contributed by atoms with van der Waals surface area (Å²) in [6.07, 6.45) is 5.80. The highest BCUT2D eigenvalue weighted by atomic mass is 19.1. The monoisotopic (exact) mass is 501 g/mol. The molecule has 0 radical (unpaired) electrons. The van der Waals surface area contributed by atoms with E-state index in [1.54, 1.807) is 12.1 Å². The van der Waals surface area contributed by atoms with E-state index in [4.69, 9.17) is 9.47 Å². The Hall–Kier alpha value is -3.71. The molecular weight excluding hydrogens is 469 g/mol. The third kappa shape index (κ3) is 5.52. The Labute approximate surface area is 217 Å². The number of rotatable bonds is 7. The van der Waals surface area contributed by atoms with E-state index in [1.807, 2.05) is 6.08 Å². The van der Waals surface area contributed by atoms with E-state index in [0.717, 1.165) is 55.9 Å². The fourth-order valence-electron chi connectivity index (χ4n) is 5.05. The number of esters is 1. The van der Waals surface area contributed by atoms with Crippen LogP contribution in [0.15, 0.2) is 82.1 Å². The summed E-state index contributed by atoms with van der Waals surface area (Å²) >= 11 is 0. The second-order valence-electron chi connectivity index (χ2n) is 9.25. The number of morpholine rings is 1. The van der Waals surface area contributed by atoms with E-state index < -0.39 is 5.97 Å². The van der Waals surface area contributed by atoms with Crippen molar-refractivity contribution >= 4 is 23.6 Å². The molecule has 3 aliphatic rings. The number of ether oxygens (including phenoxy) is 2. The van der Waals surface area contributed by atoms with Crippen LogP contribution in [0.3, 0.4) is 0 Å². The molecule has 0 bridgehead atoms. The second kappa shape index (κ2) is 11.1. The van der Waals surface area contributed by atoms with Gasteiger partial charge in [0.2, 0.25) is 5.90 Å². The SMILES string of the molecule is CCN(CC)c1ccc(/C=C2\CCC(/C=C3\N=C(c4ccc(F)cc4)OC3=O)=C2N2CCOCC2)cc1. The number of hydrogen-bond donors (Lipinski definition) is 0. The minimum atomic E-state index is -0.488. The molecule has 1 aliphatic carbocycles. The van der Waals surface area contributed by atoms with E-state index in [-0.39, 0.29) is 17.4 Å². The van der Waals surface area contributed by atoms with Crippen molar-refractivity contribution < 1.29 is 18.7 Å². The molecule has 0 spiro atoms. The lowest BCUT2D eigenvalue weighted by molar-refractivity contribution is -0.130. The summed E-state index contributed by atoms with van der Waals surface area (Å²) in [6.45, 7) is 9.24. The van der Waals surface area contributed by atoms with E-state index >= 15 is 0 Å². The molecule has 7 heteroatoms. The third-order valence-electron chi connectivity index (χ3n) is 6.98. The largest absolute Gasteiger partial charge is 0.402 e. The molecule has 2 aromatic rings. The van der Waals surface area contributed by atoms with Crippen LogP contribution in [0.5, 0.6) is 0 Å². The maximum Gasteiger partial charge on any atom is 0.363 e. The van der Waals surface area contributed by atoms with Crippen LogP contribution in [0.1, 0.15) is 37.8 Å². The Bertz CT molecular complexity index is 1270. The molecule has 2 aromatic carbocycles. The van der Waals surface area contributed by atoms with Crippen molar-refractivity contribution in [2.75, 3.05) is 44.3 Å². The molecule has 5 rings (SSSR count). The Balaban J connectivity index is 1.48. The first kappa shape index (κ1) is 25.0. The fraction of sp³-hybridized carbons (Fsp3) is 0.333. The number of hydrogen-bond acceptors (Lipinski definition) is 6. The van der Waals surface area contributed by atoms with Crippen molar-refractivity contribution in [2.45, 2.75) is 26.7 Å². The highest BCUT2D eigenvalue weighted by molar-refractivity contribution is 6.11. The van der Waals surface area contributed by atoms with Crippen molar-refractivity contribution in [3.8, 4) is 0 Å². The van der Waals surface area contributed by atoms with Gasteiger partial charge in [-0.3, -0.25) is 0 Å². The molecule has 0 aromatic heterocycles. The summed E-state index contributed by atoms with van der Waals surface area (Å²) in [5.74, 6) is -0.637. The number of carbonyl (C=O) groups is 1. The maximum absolute atomic E-state index is 13.3. The molecular formula is C30H32FN3O3. The zero-order valence-corrected chi connectivity index (χ0v) is 21.4. The van der Waals surface area contributed by atoms with E-state index in [9.17, 15) is 9.18 Å². The predicted molar refractivity (Wildman–Crippen MR) is 144 cm³/mol. The molecule has 0 N–H and O–H groups in total. The Morgan fingerprint density at radius 1 is 0.973 bits per heavy atom. The Morgan fingerprint density at radius 2 is 1.68 bits per heavy atom. The van der Waals surface area contributed by atoms with Crippen molar-refractivity contribution in [1.82, 2.24) is 4.90 Å². The van der Waals surface area contributed by atoms with Gasteiger partial charge in [0.25, 0.3) is 0 Å². The fourth-order valence-corrected chi connectivity index (χ4v) is 5.05. The van der Waals surface area contributed by atoms with Crippen molar-refractivity contribution in [3.05, 3.63) is 94.1 Å². The number of anilines is 1. The number of cyclic esters (lactones) is 1. The van der Waals surface area contributed by atoms with Crippen molar-refractivity contribution in [3.63, 3.8) is 0 Å². The van der Waals surface area contributed by atoms with Gasteiger partial charge in [-0.2, -0.15) is 0 Å². The molecule has 37 heavy (non-hydrogen) atoms. The lowest BCUT2D eigenvalue weighted by atomic mass is 10.1. The standard InChI is InChI=1S/C30H32FN3O3/c1-3-33(4-2)26-13-5-21(6-14-26)19-23-7-8-24(28(23)34-15-17-36-18-16-34)20-27-30(35)37-29(32-27)22-9-11-25(31)12-10-22/h5-6,9-14,19-20H,3-4,7-8,15-18H2,1-2H3/b23-19+,27-20-. The van der Waals surface area contributed by atoms with Crippen LogP contribution >= 0.6 is 0 Å². The van der Waals surface area contributed by atoms with Crippen LogP contribution in [0.4, 0.5) is 10.1 Å². The topological polar surface area (TPSA) is 54.4 Å². The third-order valence-corrected chi connectivity index (χ3v) is 6.98. The summed E-state index contributed by atoms with van der Waals surface area (Å²) in [5, 5.41) is 0. The molecule has 0 saturated carbocycles. The van der Waals surface area contributed by atoms with E-state index in [1.165, 1.54) is 23.4 Å².